The van der Waals surface area contributed by atoms with Crippen LogP contribution in [-0.2, 0) is 0 Å². The van der Waals surface area contributed by atoms with Crippen molar-refractivity contribution in [3.63, 3.8) is 0 Å². The van der Waals surface area contributed by atoms with Crippen LogP contribution in [0.5, 0.6) is 0 Å². The summed E-state index contributed by atoms with van der Waals surface area (Å²) in [6.45, 7) is 0. The number of allylic oxidation sites excluding steroid dienone is 2. The molecule has 0 saturated carbocycles. The molecule has 0 saturated heterocycles. The summed E-state index contributed by atoms with van der Waals surface area (Å²) in [7, 11) is 0. The molecule has 0 aromatic heterocycles. The van der Waals surface area contributed by atoms with Crippen molar-refractivity contribution >= 4 is 23.1 Å². The van der Waals surface area contributed by atoms with Gasteiger partial charge in [-0.2, -0.15) is 0 Å². The molecule has 1 aliphatic carbocycles. The van der Waals surface area contributed by atoms with Crippen LogP contribution in [0.4, 0.5) is 11.4 Å². The Hall–Kier alpha value is -2.13. The molecule has 2 atom stereocenters. The van der Waals surface area contributed by atoms with Crippen molar-refractivity contribution < 1.29 is 0 Å². The summed E-state index contributed by atoms with van der Waals surface area (Å²) >= 11 is 1.89. The van der Waals surface area contributed by atoms with Gasteiger partial charge in [-0.3, -0.25) is 0 Å². The summed E-state index contributed by atoms with van der Waals surface area (Å²) in [6.07, 6.45) is 6.34. The first-order valence-electron chi connectivity index (χ1n) is 7.08. The fraction of sp³-hybridized carbons (Fsp3) is 0.111. The smallest absolute Gasteiger partial charge is 0.0892 e. The number of rotatable bonds is 1. The van der Waals surface area contributed by atoms with Gasteiger partial charge in [-0.15, -0.1) is 11.8 Å². The molecule has 2 N–H and O–H groups in total. The summed E-state index contributed by atoms with van der Waals surface area (Å²) in [5.74, 6) is 0. The predicted octanol–water partition coefficient (Wildman–Crippen LogP) is 4.08. The number of benzene rings is 2. The molecule has 2 aromatic carbocycles. The van der Waals surface area contributed by atoms with E-state index in [1.165, 1.54) is 16.3 Å². The second kappa shape index (κ2) is 5.01. The molecular weight excluding hydrogens is 276 g/mol. The highest BCUT2D eigenvalue weighted by atomic mass is 32.2. The van der Waals surface area contributed by atoms with Crippen LogP contribution in [0.2, 0.25) is 0 Å². The standard InChI is InChI=1S/C18H16N2S/c19-14-9-6-12-17-18(14)20(13-7-2-1-3-8-13)15-10-4-5-11-16(15)21-17/h1-12,17-18H,19H2. The number of thioether (sulfide) groups is 1. The lowest BCUT2D eigenvalue weighted by Crippen LogP contribution is -2.46. The van der Waals surface area contributed by atoms with Crippen LogP contribution in [0.3, 0.4) is 0 Å². The molecule has 0 fully saturated rings. The molecule has 2 aliphatic rings. The third kappa shape index (κ3) is 2.05. The summed E-state index contributed by atoms with van der Waals surface area (Å²) < 4.78 is 0. The first-order chi connectivity index (χ1) is 10.3. The zero-order valence-electron chi connectivity index (χ0n) is 11.5. The van der Waals surface area contributed by atoms with Crippen molar-refractivity contribution in [2.75, 3.05) is 4.90 Å². The summed E-state index contributed by atoms with van der Waals surface area (Å²) in [4.78, 5) is 3.67. The van der Waals surface area contributed by atoms with Crippen LogP contribution >= 0.6 is 11.8 Å². The third-order valence-corrected chi connectivity index (χ3v) is 5.23. The highest BCUT2D eigenvalue weighted by Crippen LogP contribution is 2.47. The maximum atomic E-state index is 6.33. The van der Waals surface area contributed by atoms with E-state index in [4.69, 9.17) is 5.73 Å². The summed E-state index contributed by atoms with van der Waals surface area (Å²) in [5.41, 5.74) is 9.68. The topological polar surface area (TPSA) is 29.3 Å². The Balaban J connectivity index is 1.91. The van der Waals surface area contributed by atoms with Crippen molar-refractivity contribution in [3.05, 3.63) is 78.5 Å². The normalized spacial score (nSPS) is 23.2. The van der Waals surface area contributed by atoms with Crippen LogP contribution in [0.25, 0.3) is 0 Å². The minimum atomic E-state index is 0.178. The highest BCUT2D eigenvalue weighted by molar-refractivity contribution is 8.00. The van der Waals surface area contributed by atoms with E-state index in [1.807, 2.05) is 23.9 Å². The molecule has 104 valence electrons. The summed E-state index contributed by atoms with van der Waals surface area (Å²) in [6, 6.07) is 19.2. The zero-order valence-corrected chi connectivity index (χ0v) is 12.3. The van der Waals surface area contributed by atoms with Crippen molar-refractivity contribution in [1.29, 1.82) is 0 Å². The zero-order chi connectivity index (χ0) is 14.2. The average molecular weight is 292 g/mol. The van der Waals surface area contributed by atoms with Gasteiger partial charge in [-0.05, 0) is 30.3 Å². The van der Waals surface area contributed by atoms with Gasteiger partial charge in [0, 0.05) is 16.3 Å². The Morgan fingerprint density at radius 1 is 0.952 bits per heavy atom. The number of para-hydroxylation sites is 2. The highest BCUT2D eigenvalue weighted by Gasteiger charge is 2.36. The first-order valence-corrected chi connectivity index (χ1v) is 7.96. The second-order valence-electron chi connectivity index (χ2n) is 5.25. The van der Waals surface area contributed by atoms with E-state index in [0.29, 0.717) is 5.25 Å². The number of nitrogens with zero attached hydrogens (tertiary/aromatic N) is 1. The molecule has 3 heteroatoms. The molecule has 1 heterocycles. The molecule has 2 aromatic rings. The number of hydrogen-bond acceptors (Lipinski definition) is 3. The van der Waals surface area contributed by atoms with Crippen LogP contribution in [-0.4, -0.2) is 11.3 Å². The number of hydrogen-bond donors (Lipinski definition) is 1. The number of fused-ring (bicyclic) bond motifs is 2. The largest absolute Gasteiger partial charge is 0.400 e. The monoisotopic (exact) mass is 292 g/mol. The van der Waals surface area contributed by atoms with Gasteiger partial charge in [-0.1, -0.05) is 42.5 Å². The Morgan fingerprint density at radius 2 is 1.71 bits per heavy atom. The van der Waals surface area contributed by atoms with Gasteiger partial charge >= 0.3 is 0 Å². The van der Waals surface area contributed by atoms with Gasteiger partial charge in [0.1, 0.15) is 0 Å². The average Bonchev–Trinajstić information content (AvgIpc) is 2.54. The molecule has 0 bridgehead atoms. The van der Waals surface area contributed by atoms with Gasteiger partial charge in [0.15, 0.2) is 0 Å². The van der Waals surface area contributed by atoms with Gasteiger partial charge in [-0.25, -0.2) is 0 Å². The fourth-order valence-electron chi connectivity index (χ4n) is 3.01. The Labute approximate surface area is 129 Å². The lowest BCUT2D eigenvalue weighted by Gasteiger charge is -2.43. The molecule has 0 spiro atoms. The van der Waals surface area contributed by atoms with E-state index >= 15 is 0 Å². The SMILES string of the molecule is NC1=CC=CC2Sc3ccccc3N(c3ccccc3)C12. The molecule has 21 heavy (non-hydrogen) atoms. The van der Waals surface area contributed by atoms with E-state index < -0.39 is 0 Å². The van der Waals surface area contributed by atoms with Crippen molar-refractivity contribution in [2.45, 2.75) is 16.2 Å². The molecule has 2 nitrogen and oxygen atoms in total. The predicted molar refractivity (Wildman–Crippen MR) is 89.9 cm³/mol. The maximum absolute atomic E-state index is 6.33. The number of anilines is 2. The van der Waals surface area contributed by atoms with Crippen LogP contribution in [0.15, 0.2) is 83.4 Å². The van der Waals surface area contributed by atoms with Crippen LogP contribution in [0, 0.1) is 0 Å². The molecule has 2 unspecified atom stereocenters. The van der Waals surface area contributed by atoms with E-state index in [0.717, 1.165) is 5.70 Å². The molecule has 0 radical (unpaired) electrons. The third-order valence-electron chi connectivity index (χ3n) is 3.94. The Kier molecular flexibility index (Phi) is 3.00. The first kappa shape index (κ1) is 12.6. The van der Waals surface area contributed by atoms with Crippen LogP contribution in [0.1, 0.15) is 0 Å². The maximum Gasteiger partial charge on any atom is 0.0892 e. The van der Waals surface area contributed by atoms with Gasteiger partial charge in [0.25, 0.3) is 0 Å². The molecule has 0 amide bonds. The minimum absolute atomic E-state index is 0.178. The number of nitrogens with two attached hydrogens (primary N) is 1. The molecule has 1 aliphatic heterocycles. The van der Waals surface area contributed by atoms with E-state index in [1.54, 1.807) is 0 Å². The van der Waals surface area contributed by atoms with Gasteiger partial charge in [0.2, 0.25) is 0 Å². The minimum Gasteiger partial charge on any atom is -0.400 e. The molecule has 4 rings (SSSR count). The van der Waals surface area contributed by atoms with E-state index in [2.05, 4.69) is 65.6 Å². The lowest BCUT2D eigenvalue weighted by atomic mass is 10.0. The summed E-state index contributed by atoms with van der Waals surface area (Å²) in [5, 5.41) is 0.352. The second-order valence-corrected chi connectivity index (χ2v) is 6.47. The van der Waals surface area contributed by atoms with Crippen molar-refractivity contribution in [2.24, 2.45) is 5.73 Å². The Bertz CT molecular complexity index is 721. The lowest BCUT2D eigenvalue weighted by molar-refractivity contribution is 0.729. The van der Waals surface area contributed by atoms with Crippen molar-refractivity contribution in [1.82, 2.24) is 0 Å². The molecular formula is C18H16N2S. The Morgan fingerprint density at radius 3 is 2.57 bits per heavy atom. The fourth-order valence-corrected chi connectivity index (χ4v) is 4.32. The van der Waals surface area contributed by atoms with Gasteiger partial charge < -0.3 is 10.6 Å². The van der Waals surface area contributed by atoms with Crippen molar-refractivity contribution in [3.8, 4) is 0 Å². The quantitative estimate of drug-likeness (QED) is 0.858. The van der Waals surface area contributed by atoms with E-state index in [-0.39, 0.29) is 6.04 Å². The van der Waals surface area contributed by atoms with Crippen LogP contribution < -0.4 is 10.6 Å². The van der Waals surface area contributed by atoms with Gasteiger partial charge in [0.05, 0.1) is 17.0 Å². The van der Waals surface area contributed by atoms with E-state index in [9.17, 15) is 0 Å².